The van der Waals surface area contributed by atoms with Gasteiger partial charge in [-0.25, -0.2) is 17.0 Å². The molecule has 3 aromatic rings. The van der Waals surface area contributed by atoms with Crippen LogP contribution in [-0.4, -0.2) is 42.8 Å². The maximum Gasteiger partial charge on any atom is 0.249 e. The van der Waals surface area contributed by atoms with E-state index in [-0.39, 0.29) is 11.3 Å². The SMILES string of the molecule is C[C@H](c1ccc(F)cc1)c1c(C(N)=O)cc(N(C)S(C)(=O)=O)cc1-c1ccc(C=NS(=O)C(C)(C)C)o1. The van der Waals surface area contributed by atoms with E-state index >= 15 is 0 Å². The Morgan fingerprint density at radius 1 is 1.16 bits per heavy atom. The lowest BCUT2D eigenvalue weighted by Gasteiger charge is -2.24. The van der Waals surface area contributed by atoms with Gasteiger partial charge < -0.3 is 10.2 Å². The van der Waals surface area contributed by atoms with E-state index in [0.717, 1.165) is 10.6 Å². The van der Waals surface area contributed by atoms with E-state index in [0.29, 0.717) is 28.2 Å². The molecule has 0 saturated heterocycles. The number of anilines is 1. The predicted molar refractivity (Wildman–Crippen MR) is 145 cm³/mol. The number of carbonyl (C=O) groups excluding carboxylic acids is 1. The molecule has 0 aliphatic heterocycles. The summed E-state index contributed by atoms with van der Waals surface area (Å²) in [5.41, 5.74) is 7.69. The summed E-state index contributed by atoms with van der Waals surface area (Å²) in [4.78, 5) is 12.6. The van der Waals surface area contributed by atoms with Crippen LogP contribution < -0.4 is 10.0 Å². The summed E-state index contributed by atoms with van der Waals surface area (Å²) in [7, 11) is -3.79. The molecule has 2 N–H and O–H groups in total. The highest BCUT2D eigenvalue weighted by Crippen LogP contribution is 2.39. The van der Waals surface area contributed by atoms with Crippen LogP contribution in [0.2, 0.25) is 0 Å². The number of nitrogens with zero attached hydrogens (tertiary/aromatic N) is 2. The fourth-order valence-corrected chi connectivity index (χ4v) is 4.63. The molecule has 37 heavy (non-hydrogen) atoms. The monoisotopic (exact) mass is 547 g/mol. The van der Waals surface area contributed by atoms with Crippen molar-refractivity contribution in [2.75, 3.05) is 17.6 Å². The molecule has 8 nitrogen and oxygen atoms in total. The van der Waals surface area contributed by atoms with Crippen LogP contribution in [0.3, 0.4) is 0 Å². The molecule has 3 rings (SSSR count). The van der Waals surface area contributed by atoms with Gasteiger partial charge in [-0.15, -0.1) is 0 Å². The average molecular weight is 548 g/mol. The van der Waals surface area contributed by atoms with Crippen LogP contribution in [0, 0.1) is 5.82 Å². The van der Waals surface area contributed by atoms with Gasteiger partial charge in [-0.1, -0.05) is 19.1 Å². The first kappa shape index (κ1) is 28.3. The van der Waals surface area contributed by atoms with Crippen LogP contribution in [0.25, 0.3) is 11.3 Å². The van der Waals surface area contributed by atoms with Crippen molar-refractivity contribution < 1.29 is 26.2 Å². The van der Waals surface area contributed by atoms with E-state index in [1.807, 2.05) is 6.92 Å². The molecule has 11 heteroatoms. The normalized spacial score (nSPS) is 14.0. The molecule has 2 aromatic carbocycles. The molecule has 0 saturated carbocycles. The first-order valence-corrected chi connectivity index (χ1v) is 14.3. The quantitative estimate of drug-likeness (QED) is 0.413. The van der Waals surface area contributed by atoms with Gasteiger partial charge in [0.25, 0.3) is 0 Å². The van der Waals surface area contributed by atoms with Crippen LogP contribution in [0.4, 0.5) is 10.1 Å². The van der Waals surface area contributed by atoms with Crippen molar-refractivity contribution in [3.8, 4) is 11.3 Å². The summed E-state index contributed by atoms with van der Waals surface area (Å²) < 4.78 is 60.9. The minimum atomic E-state index is -3.66. The van der Waals surface area contributed by atoms with E-state index in [1.54, 1.807) is 51.1 Å². The predicted octanol–water partition coefficient (Wildman–Crippen LogP) is 4.61. The molecule has 1 heterocycles. The van der Waals surface area contributed by atoms with E-state index in [1.165, 1.54) is 31.5 Å². The smallest absolute Gasteiger partial charge is 0.249 e. The van der Waals surface area contributed by atoms with Gasteiger partial charge in [-0.05, 0) is 68.3 Å². The Morgan fingerprint density at radius 3 is 2.32 bits per heavy atom. The van der Waals surface area contributed by atoms with Crippen molar-refractivity contribution in [2.24, 2.45) is 10.1 Å². The lowest BCUT2D eigenvalue weighted by atomic mass is 9.84. The molecule has 0 radical (unpaired) electrons. The zero-order valence-corrected chi connectivity index (χ0v) is 23.1. The second-order valence-electron chi connectivity index (χ2n) is 9.62. The molecular formula is C26H30FN3O5S2. The molecule has 0 bridgehead atoms. The Morgan fingerprint density at radius 2 is 1.78 bits per heavy atom. The van der Waals surface area contributed by atoms with Gasteiger partial charge in [0.05, 0.1) is 22.9 Å². The maximum atomic E-state index is 13.6. The minimum absolute atomic E-state index is 0.0975. The number of hydrogen-bond donors (Lipinski definition) is 1. The Labute approximate surface area is 219 Å². The van der Waals surface area contributed by atoms with Gasteiger partial charge in [-0.2, -0.15) is 4.40 Å². The third-order valence-corrected chi connectivity index (χ3v) is 8.34. The third kappa shape index (κ3) is 6.53. The summed E-state index contributed by atoms with van der Waals surface area (Å²) in [5.74, 6) is -0.970. The van der Waals surface area contributed by atoms with Gasteiger partial charge in [0, 0.05) is 24.1 Å². The van der Waals surface area contributed by atoms with Crippen molar-refractivity contribution in [3.63, 3.8) is 0 Å². The number of halogens is 1. The zero-order chi connectivity index (χ0) is 27.7. The number of carbonyl (C=O) groups is 1. The van der Waals surface area contributed by atoms with E-state index in [4.69, 9.17) is 10.2 Å². The summed E-state index contributed by atoms with van der Waals surface area (Å²) in [6.07, 6.45) is 2.40. The van der Waals surface area contributed by atoms with E-state index < -0.39 is 43.4 Å². The number of rotatable bonds is 8. The van der Waals surface area contributed by atoms with Crippen molar-refractivity contribution in [3.05, 3.63) is 76.8 Å². The number of primary amides is 1. The fourth-order valence-electron chi connectivity index (χ4n) is 3.63. The molecule has 0 spiro atoms. The molecule has 198 valence electrons. The van der Waals surface area contributed by atoms with Gasteiger partial charge in [-0.3, -0.25) is 9.10 Å². The van der Waals surface area contributed by atoms with Gasteiger partial charge in [0.2, 0.25) is 15.9 Å². The lowest BCUT2D eigenvalue weighted by Crippen LogP contribution is -2.26. The Balaban J connectivity index is 2.25. The van der Waals surface area contributed by atoms with Crippen LogP contribution >= 0.6 is 0 Å². The molecule has 1 unspecified atom stereocenters. The molecule has 1 aromatic heterocycles. The summed E-state index contributed by atoms with van der Waals surface area (Å²) in [5, 5.41) is 0. The molecule has 0 aliphatic carbocycles. The molecule has 2 atom stereocenters. The summed E-state index contributed by atoms with van der Waals surface area (Å²) >= 11 is 0. The topological polar surface area (TPSA) is 123 Å². The second kappa shape index (κ2) is 10.6. The first-order valence-electron chi connectivity index (χ1n) is 11.3. The highest BCUT2D eigenvalue weighted by Gasteiger charge is 2.26. The third-order valence-electron chi connectivity index (χ3n) is 5.79. The van der Waals surface area contributed by atoms with E-state index in [9.17, 15) is 21.8 Å². The zero-order valence-electron chi connectivity index (χ0n) is 21.5. The minimum Gasteiger partial charge on any atom is -0.455 e. The average Bonchev–Trinajstić information content (AvgIpc) is 3.29. The van der Waals surface area contributed by atoms with Gasteiger partial charge in [0.1, 0.15) is 28.3 Å². The van der Waals surface area contributed by atoms with E-state index in [2.05, 4.69) is 4.40 Å². The van der Waals surface area contributed by atoms with Gasteiger partial charge >= 0.3 is 0 Å². The lowest BCUT2D eigenvalue weighted by molar-refractivity contribution is 0.0999. The molecule has 1 amide bonds. The number of amides is 1. The van der Waals surface area contributed by atoms with Crippen LogP contribution in [-0.2, 0) is 21.0 Å². The standard InChI is InChI=1S/C26H30FN3O5S2/c1-16(17-7-9-18(27)10-8-17)24-21(13-19(14-22(24)25(28)31)30(5)37(6,33)34)23-12-11-20(35-23)15-29-36(32)26(2,3)4/h7-16H,1-6H3,(H2,28,31)/t16-,36?/m1/s1. The van der Waals surface area contributed by atoms with Crippen molar-refractivity contribution in [1.29, 1.82) is 0 Å². The largest absolute Gasteiger partial charge is 0.455 e. The highest BCUT2D eigenvalue weighted by atomic mass is 32.2. The van der Waals surface area contributed by atoms with Crippen LogP contribution in [0.1, 0.15) is 60.9 Å². The number of sulfonamides is 1. The Kier molecular flexibility index (Phi) is 8.09. The Bertz CT molecular complexity index is 1470. The molecule has 0 aliphatic rings. The first-order chi connectivity index (χ1) is 17.1. The number of nitrogens with two attached hydrogens (primary N) is 1. The van der Waals surface area contributed by atoms with Crippen molar-refractivity contribution in [1.82, 2.24) is 0 Å². The number of furan rings is 1. The van der Waals surface area contributed by atoms with Crippen LogP contribution in [0.5, 0.6) is 0 Å². The summed E-state index contributed by atoms with van der Waals surface area (Å²) in [6, 6.07) is 12.1. The molecular weight excluding hydrogens is 517 g/mol. The fraction of sp³-hybridized carbons (Fsp3) is 0.308. The van der Waals surface area contributed by atoms with Crippen molar-refractivity contribution in [2.45, 2.75) is 38.4 Å². The maximum absolute atomic E-state index is 13.6. The van der Waals surface area contributed by atoms with Crippen molar-refractivity contribution >= 4 is 38.8 Å². The summed E-state index contributed by atoms with van der Waals surface area (Å²) in [6.45, 7) is 7.22. The molecule has 0 fully saturated rings. The Hall–Kier alpha value is -3.31. The second-order valence-corrected chi connectivity index (χ2v) is 13.6. The highest BCUT2D eigenvalue weighted by molar-refractivity contribution is 7.92. The number of hydrogen-bond acceptors (Lipinski definition) is 5. The number of benzene rings is 2. The van der Waals surface area contributed by atoms with Gasteiger partial charge in [0.15, 0.2) is 0 Å². The van der Waals surface area contributed by atoms with Crippen LogP contribution in [0.15, 0.2) is 57.3 Å².